The number of anilines is 1. The number of benzene rings is 1. The highest BCUT2D eigenvalue weighted by Crippen LogP contribution is 2.30. The van der Waals surface area contributed by atoms with Crippen molar-refractivity contribution in [1.82, 2.24) is 20.2 Å². The van der Waals surface area contributed by atoms with Crippen molar-refractivity contribution in [1.29, 1.82) is 0 Å². The lowest BCUT2D eigenvalue weighted by atomic mass is 10.2. The van der Waals surface area contributed by atoms with Crippen molar-refractivity contribution in [2.24, 2.45) is 0 Å². The van der Waals surface area contributed by atoms with Crippen LogP contribution in [0.15, 0.2) is 41.8 Å². The molecule has 1 saturated carbocycles. The number of aromatic nitrogens is 2. The van der Waals surface area contributed by atoms with E-state index in [1.54, 1.807) is 11.3 Å². The SMILES string of the molecule is O=C(CN1CCN(c2nc(-c3cccs3)nc3ccccc23)CC1)NC1CC1. The number of carbonyl (C=O) groups is 1. The van der Waals surface area contributed by atoms with E-state index in [0.717, 1.165) is 66.4 Å². The zero-order chi connectivity index (χ0) is 18.9. The number of hydrogen-bond acceptors (Lipinski definition) is 6. The van der Waals surface area contributed by atoms with Crippen LogP contribution in [-0.4, -0.2) is 59.5 Å². The molecule has 0 atom stereocenters. The second-order valence-electron chi connectivity index (χ2n) is 7.47. The molecule has 0 bridgehead atoms. The quantitative estimate of drug-likeness (QED) is 0.722. The van der Waals surface area contributed by atoms with Gasteiger partial charge in [0.15, 0.2) is 5.82 Å². The molecule has 3 heterocycles. The summed E-state index contributed by atoms with van der Waals surface area (Å²) in [6.07, 6.45) is 2.26. The van der Waals surface area contributed by atoms with Gasteiger partial charge in [-0.3, -0.25) is 9.69 Å². The Labute approximate surface area is 168 Å². The molecule has 1 amide bonds. The minimum atomic E-state index is 0.156. The summed E-state index contributed by atoms with van der Waals surface area (Å²) in [5.41, 5.74) is 0.974. The molecule has 1 aliphatic heterocycles. The van der Waals surface area contributed by atoms with Crippen molar-refractivity contribution >= 4 is 34.0 Å². The van der Waals surface area contributed by atoms with E-state index in [9.17, 15) is 4.79 Å². The van der Waals surface area contributed by atoms with Crippen LogP contribution in [-0.2, 0) is 4.79 Å². The molecule has 1 N–H and O–H groups in total. The molecule has 0 unspecified atom stereocenters. The van der Waals surface area contributed by atoms with Crippen LogP contribution < -0.4 is 10.2 Å². The van der Waals surface area contributed by atoms with Crippen LogP contribution in [0.1, 0.15) is 12.8 Å². The average Bonchev–Trinajstić information content (AvgIpc) is 3.35. The Balaban J connectivity index is 1.35. The van der Waals surface area contributed by atoms with Gasteiger partial charge in [0.25, 0.3) is 0 Å². The number of nitrogens with zero attached hydrogens (tertiary/aromatic N) is 4. The molecule has 3 aromatic rings. The maximum absolute atomic E-state index is 12.1. The summed E-state index contributed by atoms with van der Waals surface area (Å²) in [7, 11) is 0. The van der Waals surface area contributed by atoms with Gasteiger partial charge in [-0.2, -0.15) is 0 Å². The molecule has 1 aliphatic carbocycles. The van der Waals surface area contributed by atoms with Gasteiger partial charge >= 0.3 is 0 Å². The smallest absolute Gasteiger partial charge is 0.234 e. The third-order valence-electron chi connectivity index (χ3n) is 5.31. The summed E-state index contributed by atoms with van der Waals surface area (Å²) < 4.78 is 0. The molecular weight excluding hydrogens is 370 g/mol. The molecule has 0 radical (unpaired) electrons. The number of amides is 1. The molecule has 5 rings (SSSR count). The number of fused-ring (bicyclic) bond motifs is 1. The van der Waals surface area contributed by atoms with Gasteiger partial charge in [0.1, 0.15) is 5.82 Å². The Morgan fingerprint density at radius 1 is 1.07 bits per heavy atom. The fourth-order valence-electron chi connectivity index (χ4n) is 3.64. The van der Waals surface area contributed by atoms with E-state index in [4.69, 9.17) is 9.97 Å². The van der Waals surface area contributed by atoms with E-state index in [0.29, 0.717) is 12.6 Å². The first-order valence-electron chi connectivity index (χ1n) is 9.83. The van der Waals surface area contributed by atoms with Crippen LogP contribution >= 0.6 is 11.3 Å². The monoisotopic (exact) mass is 393 g/mol. The average molecular weight is 394 g/mol. The van der Waals surface area contributed by atoms with Crippen LogP contribution in [0.2, 0.25) is 0 Å². The number of nitrogens with one attached hydrogen (secondary N) is 1. The molecule has 144 valence electrons. The van der Waals surface area contributed by atoms with E-state index in [1.807, 2.05) is 18.2 Å². The molecule has 7 heteroatoms. The van der Waals surface area contributed by atoms with Crippen molar-refractivity contribution in [3.8, 4) is 10.7 Å². The van der Waals surface area contributed by atoms with Gasteiger partial charge in [-0.25, -0.2) is 9.97 Å². The maximum Gasteiger partial charge on any atom is 0.234 e. The summed E-state index contributed by atoms with van der Waals surface area (Å²) in [6, 6.07) is 12.7. The lowest BCUT2D eigenvalue weighted by Gasteiger charge is -2.35. The van der Waals surface area contributed by atoms with Gasteiger partial charge in [0, 0.05) is 37.6 Å². The molecule has 28 heavy (non-hydrogen) atoms. The fraction of sp³-hybridized carbons (Fsp3) is 0.381. The predicted molar refractivity (Wildman–Crippen MR) is 113 cm³/mol. The number of rotatable bonds is 5. The third-order valence-corrected chi connectivity index (χ3v) is 6.17. The van der Waals surface area contributed by atoms with Crippen LogP contribution in [0.4, 0.5) is 5.82 Å². The molecular formula is C21H23N5OS. The standard InChI is InChI=1S/C21H23N5OS/c27-19(22-15-7-8-15)14-25-9-11-26(12-10-25)21-16-4-1-2-5-17(16)23-20(24-21)18-6-3-13-28-18/h1-6,13,15H,7-12,14H2,(H,22,27). The van der Waals surface area contributed by atoms with Gasteiger partial charge in [0.05, 0.1) is 16.9 Å². The molecule has 6 nitrogen and oxygen atoms in total. The lowest BCUT2D eigenvalue weighted by molar-refractivity contribution is -0.122. The summed E-state index contributed by atoms with van der Waals surface area (Å²) in [6.45, 7) is 3.95. The van der Waals surface area contributed by atoms with Crippen molar-refractivity contribution < 1.29 is 4.79 Å². The second-order valence-corrected chi connectivity index (χ2v) is 8.42. The number of carbonyl (C=O) groups excluding carboxylic acids is 1. The normalized spacial score (nSPS) is 17.8. The second kappa shape index (κ2) is 7.48. The Morgan fingerprint density at radius 3 is 2.64 bits per heavy atom. The highest BCUT2D eigenvalue weighted by molar-refractivity contribution is 7.13. The molecule has 1 saturated heterocycles. The molecule has 2 aliphatic rings. The number of hydrogen-bond donors (Lipinski definition) is 1. The Hall–Kier alpha value is -2.51. The molecule has 2 fully saturated rings. The highest BCUT2D eigenvalue weighted by Gasteiger charge is 2.26. The first kappa shape index (κ1) is 17.6. The van der Waals surface area contributed by atoms with Gasteiger partial charge < -0.3 is 10.2 Å². The van der Waals surface area contributed by atoms with Gasteiger partial charge in [-0.15, -0.1) is 11.3 Å². The zero-order valence-corrected chi connectivity index (χ0v) is 16.5. The van der Waals surface area contributed by atoms with Crippen molar-refractivity contribution in [2.75, 3.05) is 37.6 Å². The van der Waals surface area contributed by atoms with Crippen molar-refractivity contribution in [3.63, 3.8) is 0 Å². The van der Waals surface area contributed by atoms with Gasteiger partial charge in [-0.1, -0.05) is 18.2 Å². The Kier molecular flexibility index (Phi) is 4.70. The molecule has 2 aromatic heterocycles. The van der Waals surface area contributed by atoms with Crippen molar-refractivity contribution in [2.45, 2.75) is 18.9 Å². The topological polar surface area (TPSA) is 61.4 Å². The predicted octanol–water partition coefficient (Wildman–Crippen LogP) is 2.76. The minimum absolute atomic E-state index is 0.156. The Bertz CT molecular complexity index is 978. The summed E-state index contributed by atoms with van der Waals surface area (Å²) >= 11 is 1.66. The Morgan fingerprint density at radius 2 is 1.89 bits per heavy atom. The van der Waals surface area contributed by atoms with Crippen LogP contribution in [0.5, 0.6) is 0 Å². The number of thiophene rings is 1. The first-order chi connectivity index (χ1) is 13.8. The third kappa shape index (κ3) is 3.72. The summed E-state index contributed by atoms with van der Waals surface area (Å²) in [4.78, 5) is 27.4. The molecule has 0 spiro atoms. The van der Waals surface area contributed by atoms with Crippen molar-refractivity contribution in [3.05, 3.63) is 41.8 Å². The lowest BCUT2D eigenvalue weighted by Crippen LogP contribution is -2.50. The molecule has 1 aromatic carbocycles. The highest BCUT2D eigenvalue weighted by atomic mass is 32.1. The number of para-hydroxylation sites is 1. The van der Waals surface area contributed by atoms with E-state index in [-0.39, 0.29) is 5.91 Å². The van der Waals surface area contributed by atoms with Crippen LogP contribution in [0, 0.1) is 0 Å². The summed E-state index contributed by atoms with van der Waals surface area (Å²) in [5.74, 6) is 1.94. The first-order valence-corrected chi connectivity index (χ1v) is 10.7. The zero-order valence-electron chi connectivity index (χ0n) is 15.7. The maximum atomic E-state index is 12.1. The minimum Gasteiger partial charge on any atom is -0.353 e. The van der Waals surface area contributed by atoms with E-state index < -0.39 is 0 Å². The van der Waals surface area contributed by atoms with Gasteiger partial charge in [-0.05, 0) is 36.4 Å². The van der Waals surface area contributed by atoms with Crippen LogP contribution in [0.3, 0.4) is 0 Å². The van der Waals surface area contributed by atoms with E-state index >= 15 is 0 Å². The largest absolute Gasteiger partial charge is 0.353 e. The number of piperazine rings is 1. The van der Waals surface area contributed by atoms with Crippen LogP contribution in [0.25, 0.3) is 21.6 Å². The van der Waals surface area contributed by atoms with E-state index in [1.165, 1.54) is 0 Å². The summed E-state index contributed by atoms with van der Waals surface area (Å²) in [5, 5.41) is 6.22. The van der Waals surface area contributed by atoms with Gasteiger partial charge in [0.2, 0.25) is 5.91 Å². The fourth-order valence-corrected chi connectivity index (χ4v) is 4.30. The van der Waals surface area contributed by atoms with E-state index in [2.05, 4.69) is 38.7 Å².